The molecule has 1 N–H and O–H groups in total. The van der Waals surface area contributed by atoms with E-state index < -0.39 is 0 Å². The number of carbonyl (C=O) groups is 1. The molecule has 6 heteroatoms. The van der Waals surface area contributed by atoms with Gasteiger partial charge in [0.2, 0.25) is 5.91 Å². The molecule has 0 fully saturated rings. The zero-order valence-electron chi connectivity index (χ0n) is 16.7. The second-order valence-electron chi connectivity index (χ2n) is 6.39. The van der Waals surface area contributed by atoms with E-state index in [1.54, 1.807) is 30.3 Å². The molecular weight excluding hydrogens is 366 g/mol. The Morgan fingerprint density at radius 2 is 1.72 bits per heavy atom. The lowest BCUT2D eigenvalue weighted by molar-refractivity contribution is -0.111. The van der Waals surface area contributed by atoms with Gasteiger partial charge >= 0.3 is 6.01 Å². The van der Waals surface area contributed by atoms with Crippen LogP contribution in [0.5, 0.6) is 17.5 Å². The average Bonchev–Trinajstić information content (AvgIpc) is 2.67. The largest absolute Gasteiger partial charge is 0.494 e. The van der Waals surface area contributed by atoms with Gasteiger partial charge in [0.15, 0.2) is 0 Å². The molecular formula is C23H23N3O3. The summed E-state index contributed by atoms with van der Waals surface area (Å²) in [6.45, 7) is 6.33. The van der Waals surface area contributed by atoms with Crippen LogP contribution in [-0.2, 0) is 4.79 Å². The third-order valence-electron chi connectivity index (χ3n) is 3.89. The highest BCUT2D eigenvalue weighted by atomic mass is 16.5. The number of rotatable bonds is 7. The Balaban J connectivity index is 1.62. The number of aromatic nitrogens is 2. The van der Waals surface area contributed by atoms with Crippen LogP contribution in [0, 0.1) is 13.8 Å². The molecule has 0 aliphatic carbocycles. The highest BCUT2D eigenvalue weighted by molar-refractivity contribution is 6.02. The number of aryl methyl sites for hydroxylation is 2. The maximum atomic E-state index is 12.2. The zero-order valence-corrected chi connectivity index (χ0v) is 16.7. The summed E-state index contributed by atoms with van der Waals surface area (Å²) in [4.78, 5) is 20.7. The van der Waals surface area contributed by atoms with Gasteiger partial charge in [0.25, 0.3) is 0 Å². The minimum atomic E-state index is -0.237. The first kappa shape index (κ1) is 20.1. The Kier molecular flexibility index (Phi) is 6.58. The van der Waals surface area contributed by atoms with Crippen LogP contribution in [-0.4, -0.2) is 22.5 Å². The van der Waals surface area contributed by atoms with Crippen molar-refractivity contribution in [3.8, 4) is 17.5 Å². The van der Waals surface area contributed by atoms with Crippen molar-refractivity contribution < 1.29 is 14.3 Å². The molecule has 0 saturated heterocycles. The highest BCUT2D eigenvalue weighted by Gasteiger charge is 2.05. The Bertz CT molecular complexity index is 994. The molecule has 0 atom stereocenters. The molecule has 1 heterocycles. The average molecular weight is 389 g/mol. The Hall–Kier alpha value is -3.67. The van der Waals surface area contributed by atoms with Crippen LogP contribution in [0.1, 0.15) is 23.9 Å². The van der Waals surface area contributed by atoms with Crippen LogP contribution in [0.2, 0.25) is 0 Å². The van der Waals surface area contributed by atoms with Crippen molar-refractivity contribution in [2.45, 2.75) is 20.8 Å². The minimum absolute atomic E-state index is 0.237. The number of nitrogens with zero attached hydrogens (tertiary/aromatic N) is 2. The Morgan fingerprint density at radius 3 is 2.41 bits per heavy atom. The van der Waals surface area contributed by atoms with Crippen molar-refractivity contribution in [3.05, 3.63) is 77.6 Å². The molecule has 148 valence electrons. The van der Waals surface area contributed by atoms with Gasteiger partial charge in [-0.1, -0.05) is 18.2 Å². The summed E-state index contributed by atoms with van der Waals surface area (Å²) in [6.07, 6.45) is 3.23. The van der Waals surface area contributed by atoms with Gasteiger partial charge in [-0.2, -0.15) is 0 Å². The van der Waals surface area contributed by atoms with Crippen molar-refractivity contribution in [3.63, 3.8) is 0 Å². The molecule has 0 aliphatic rings. The molecule has 0 bridgehead atoms. The van der Waals surface area contributed by atoms with Gasteiger partial charge in [0.1, 0.15) is 11.5 Å². The summed E-state index contributed by atoms with van der Waals surface area (Å²) < 4.78 is 11.1. The van der Waals surface area contributed by atoms with Crippen LogP contribution in [0.25, 0.3) is 6.08 Å². The number of benzene rings is 2. The van der Waals surface area contributed by atoms with Gasteiger partial charge in [0, 0.05) is 29.2 Å². The molecule has 0 spiro atoms. The van der Waals surface area contributed by atoms with Crippen LogP contribution in [0.3, 0.4) is 0 Å². The molecule has 3 aromatic rings. The lowest BCUT2D eigenvalue weighted by Crippen LogP contribution is -2.07. The van der Waals surface area contributed by atoms with Gasteiger partial charge in [-0.3, -0.25) is 4.79 Å². The first-order chi connectivity index (χ1) is 14.0. The van der Waals surface area contributed by atoms with Gasteiger partial charge in [-0.05, 0) is 62.7 Å². The van der Waals surface area contributed by atoms with E-state index in [9.17, 15) is 4.79 Å². The molecule has 0 unspecified atom stereocenters. The first-order valence-electron chi connectivity index (χ1n) is 9.34. The molecule has 29 heavy (non-hydrogen) atoms. The van der Waals surface area contributed by atoms with Gasteiger partial charge in [-0.15, -0.1) is 0 Å². The second-order valence-corrected chi connectivity index (χ2v) is 6.39. The topological polar surface area (TPSA) is 73.3 Å². The van der Waals surface area contributed by atoms with Crippen molar-refractivity contribution in [2.24, 2.45) is 0 Å². The Morgan fingerprint density at radius 1 is 1.00 bits per heavy atom. The monoisotopic (exact) mass is 389 g/mol. The lowest BCUT2D eigenvalue weighted by Gasteiger charge is -2.08. The van der Waals surface area contributed by atoms with E-state index in [4.69, 9.17) is 9.47 Å². The zero-order chi connectivity index (χ0) is 20.6. The molecule has 2 aromatic carbocycles. The summed E-state index contributed by atoms with van der Waals surface area (Å²) in [5, 5.41) is 2.82. The van der Waals surface area contributed by atoms with Crippen molar-refractivity contribution in [2.75, 3.05) is 11.9 Å². The summed E-state index contributed by atoms with van der Waals surface area (Å²) in [6, 6.07) is 16.8. The van der Waals surface area contributed by atoms with Crippen LogP contribution in [0.4, 0.5) is 5.69 Å². The third-order valence-corrected chi connectivity index (χ3v) is 3.89. The van der Waals surface area contributed by atoms with E-state index in [0.29, 0.717) is 18.0 Å². The Labute approximate surface area is 170 Å². The fourth-order valence-corrected chi connectivity index (χ4v) is 2.68. The standard InChI is InChI=1S/C23H23N3O3/c1-4-28-20-11-8-18(9-12-20)10-13-22(27)26-19-6-5-7-21(15-19)29-23-24-16(2)14-17(3)25-23/h5-15H,4H2,1-3H3,(H,26,27)/b13-10+. The quantitative estimate of drug-likeness (QED) is 0.580. The first-order valence-corrected chi connectivity index (χ1v) is 9.34. The summed E-state index contributed by atoms with van der Waals surface area (Å²) >= 11 is 0. The smallest absolute Gasteiger partial charge is 0.322 e. The normalized spacial score (nSPS) is 10.7. The molecule has 3 rings (SSSR count). The predicted octanol–water partition coefficient (Wildman–Crippen LogP) is 4.94. The number of carbonyl (C=O) groups excluding carboxylic acids is 1. The van der Waals surface area contributed by atoms with Crippen LogP contribution >= 0.6 is 0 Å². The number of amides is 1. The van der Waals surface area contributed by atoms with E-state index in [1.807, 2.05) is 51.1 Å². The molecule has 1 amide bonds. The number of anilines is 1. The number of ether oxygens (including phenoxy) is 2. The van der Waals surface area contributed by atoms with Crippen LogP contribution < -0.4 is 14.8 Å². The fourth-order valence-electron chi connectivity index (χ4n) is 2.68. The molecule has 6 nitrogen and oxygen atoms in total. The third kappa shape index (κ3) is 6.17. The number of hydrogen-bond donors (Lipinski definition) is 1. The van der Waals surface area contributed by atoms with Gasteiger partial charge in [0.05, 0.1) is 6.61 Å². The molecule has 0 aliphatic heterocycles. The molecule has 0 saturated carbocycles. The molecule has 1 aromatic heterocycles. The van der Waals surface area contributed by atoms with E-state index in [2.05, 4.69) is 15.3 Å². The van der Waals surface area contributed by atoms with Gasteiger partial charge < -0.3 is 14.8 Å². The molecule has 0 radical (unpaired) electrons. The maximum absolute atomic E-state index is 12.2. The maximum Gasteiger partial charge on any atom is 0.322 e. The SMILES string of the molecule is CCOc1ccc(/C=C/C(=O)Nc2cccc(Oc3nc(C)cc(C)n3)c2)cc1. The van der Waals surface area contributed by atoms with Gasteiger partial charge in [-0.25, -0.2) is 9.97 Å². The number of nitrogens with one attached hydrogen (secondary N) is 1. The van der Waals surface area contributed by atoms with Crippen molar-refractivity contribution in [1.29, 1.82) is 0 Å². The van der Waals surface area contributed by atoms with E-state index in [-0.39, 0.29) is 11.9 Å². The van der Waals surface area contributed by atoms with E-state index >= 15 is 0 Å². The predicted molar refractivity (Wildman–Crippen MR) is 113 cm³/mol. The summed E-state index contributed by atoms with van der Waals surface area (Å²) in [5.74, 6) is 1.11. The summed E-state index contributed by atoms with van der Waals surface area (Å²) in [5.41, 5.74) is 3.19. The van der Waals surface area contributed by atoms with Crippen LogP contribution in [0.15, 0.2) is 60.7 Å². The minimum Gasteiger partial charge on any atom is -0.494 e. The van der Waals surface area contributed by atoms with E-state index in [1.165, 1.54) is 6.08 Å². The number of hydrogen-bond acceptors (Lipinski definition) is 5. The second kappa shape index (κ2) is 9.50. The summed E-state index contributed by atoms with van der Waals surface area (Å²) in [7, 11) is 0. The van der Waals surface area contributed by atoms with E-state index in [0.717, 1.165) is 22.7 Å². The lowest BCUT2D eigenvalue weighted by atomic mass is 10.2. The fraction of sp³-hybridized carbons (Fsp3) is 0.174. The van der Waals surface area contributed by atoms with Crippen molar-refractivity contribution in [1.82, 2.24) is 9.97 Å². The highest BCUT2D eigenvalue weighted by Crippen LogP contribution is 2.22. The van der Waals surface area contributed by atoms with Crippen molar-refractivity contribution >= 4 is 17.7 Å².